The Labute approximate surface area is 112 Å². The van der Waals surface area contributed by atoms with Gasteiger partial charge in [0.1, 0.15) is 6.73 Å². The van der Waals surface area contributed by atoms with Crippen LogP contribution in [0.2, 0.25) is 0 Å². The van der Waals surface area contributed by atoms with E-state index in [-0.39, 0.29) is 12.1 Å². The van der Waals surface area contributed by atoms with E-state index in [1.165, 1.54) is 0 Å². The van der Waals surface area contributed by atoms with Gasteiger partial charge < -0.3 is 15.8 Å². The Hall–Kier alpha value is -2.21. The van der Waals surface area contributed by atoms with Crippen LogP contribution in [0.1, 0.15) is 13.8 Å². The van der Waals surface area contributed by atoms with Gasteiger partial charge in [-0.2, -0.15) is 15.0 Å². The summed E-state index contributed by atoms with van der Waals surface area (Å²) in [5.74, 6) is 1.13. The summed E-state index contributed by atoms with van der Waals surface area (Å²) in [5.41, 5.74) is 6.58. The lowest BCUT2D eigenvalue weighted by Crippen LogP contribution is -2.14. The molecule has 1 aromatic carbocycles. The van der Waals surface area contributed by atoms with Gasteiger partial charge >= 0.3 is 0 Å². The molecule has 0 spiro atoms. The molecular weight excluding hydrogens is 242 g/mol. The molecule has 0 bridgehead atoms. The standard InChI is InChI=1S/C13H17N5O/c1-9(2)19-8-15-13-17-11(16-12(14)18-13)10-6-4-3-5-7-10/h3-7,9H,8H2,1-2H3,(H3,14,15,16,17,18). The van der Waals surface area contributed by atoms with Crippen molar-refractivity contribution in [2.45, 2.75) is 20.0 Å². The molecule has 1 aromatic heterocycles. The van der Waals surface area contributed by atoms with E-state index >= 15 is 0 Å². The van der Waals surface area contributed by atoms with Crippen LogP contribution >= 0.6 is 0 Å². The molecular formula is C13H17N5O. The van der Waals surface area contributed by atoms with Crippen molar-refractivity contribution in [2.24, 2.45) is 0 Å². The first-order valence-corrected chi connectivity index (χ1v) is 6.07. The lowest BCUT2D eigenvalue weighted by Gasteiger charge is -2.09. The third-order valence-electron chi connectivity index (χ3n) is 2.33. The number of hydrogen-bond donors (Lipinski definition) is 2. The zero-order valence-corrected chi connectivity index (χ0v) is 11.0. The van der Waals surface area contributed by atoms with Gasteiger partial charge in [-0.3, -0.25) is 0 Å². The second-order valence-corrected chi connectivity index (χ2v) is 4.24. The number of ether oxygens (including phenoxy) is 1. The summed E-state index contributed by atoms with van der Waals surface area (Å²) in [5, 5.41) is 2.96. The molecule has 0 saturated heterocycles. The molecule has 0 radical (unpaired) electrons. The van der Waals surface area contributed by atoms with E-state index in [0.717, 1.165) is 5.56 Å². The van der Waals surface area contributed by atoms with Crippen LogP contribution in [-0.4, -0.2) is 27.8 Å². The summed E-state index contributed by atoms with van der Waals surface area (Å²) in [7, 11) is 0. The van der Waals surface area contributed by atoms with E-state index in [0.29, 0.717) is 18.5 Å². The van der Waals surface area contributed by atoms with E-state index in [9.17, 15) is 0 Å². The minimum Gasteiger partial charge on any atom is -0.368 e. The largest absolute Gasteiger partial charge is 0.368 e. The van der Waals surface area contributed by atoms with Crippen molar-refractivity contribution < 1.29 is 4.74 Å². The van der Waals surface area contributed by atoms with Crippen LogP contribution in [0.15, 0.2) is 30.3 Å². The molecule has 2 rings (SSSR count). The van der Waals surface area contributed by atoms with Crippen molar-refractivity contribution in [3.8, 4) is 11.4 Å². The molecule has 0 aliphatic carbocycles. The Kier molecular flexibility index (Phi) is 4.25. The molecule has 3 N–H and O–H groups in total. The first-order valence-electron chi connectivity index (χ1n) is 6.07. The molecule has 0 unspecified atom stereocenters. The minimum absolute atomic E-state index is 0.139. The van der Waals surface area contributed by atoms with Crippen LogP contribution in [0.4, 0.5) is 11.9 Å². The highest BCUT2D eigenvalue weighted by Gasteiger charge is 2.06. The fraction of sp³-hybridized carbons (Fsp3) is 0.308. The second kappa shape index (κ2) is 6.10. The molecule has 6 nitrogen and oxygen atoms in total. The SMILES string of the molecule is CC(C)OCNc1nc(N)nc(-c2ccccc2)n1. The highest BCUT2D eigenvalue weighted by molar-refractivity contribution is 5.57. The Morgan fingerprint density at radius 3 is 2.58 bits per heavy atom. The van der Waals surface area contributed by atoms with Gasteiger partial charge in [0.25, 0.3) is 0 Å². The number of aromatic nitrogens is 3. The fourth-order valence-corrected chi connectivity index (χ4v) is 1.46. The predicted molar refractivity (Wildman–Crippen MR) is 74.4 cm³/mol. The summed E-state index contributed by atoms with van der Waals surface area (Å²) >= 11 is 0. The molecule has 100 valence electrons. The van der Waals surface area contributed by atoms with Gasteiger partial charge in [0, 0.05) is 5.56 Å². The Bertz CT molecular complexity index is 530. The minimum atomic E-state index is 0.139. The van der Waals surface area contributed by atoms with Gasteiger partial charge in [-0.15, -0.1) is 0 Å². The molecule has 0 aliphatic heterocycles. The summed E-state index contributed by atoms with van der Waals surface area (Å²) < 4.78 is 5.38. The zero-order valence-electron chi connectivity index (χ0n) is 11.0. The molecule has 0 atom stereocenters. The van der Waals surface area contributed by atoms with Crippen molar-refractivity contribution in [3.63, 3.8) is 0 Å². The normalized spacial score (nSPS) is 10.7. The number of nitrogens with zero attached hydrogens (tertiary/aromatic N) is 3. The fourth-order valence-electron chi connectivity index (χ4n) is 1.46. The Morgan fingerprint density at radius 2 is 1.89 bits per heavy atom. The number of nitrogens with one attached hydrogen (secondary N) is 1. The topological polar surface area (TPSA) is 86.0 Å². The molecule has 2 aromatic rings. The molecule has 19 heavy (non-hydrogen) atoms. The van der Waals surface area contributed by atoms with Crippen molar-refractivity contribution in [1.82, 2.24) is 15.0 Å². The lowest BCUT2D eigenvalue weighted by atomic mass is 10.2. The van der Waals surface area contributed by atoms with Crippen LogP contribution in [-0.2, 0) is 4.74 Å². The van der Waals surface area contributed by atoms with Crippen LogP contribution in [0.3, 0.4) is 0 Å². The van der Waals surface area contributed by atoms with Crippen LogP contribution in [0.25, 0.3) is 11.4 Å². The zero-order chi connectivity index (χ0) is 13.7. The van der Waals surface area contributed by atoms with Gasteiger partial charge in [-0.25, -0.2) is 0 Å². The summed E-state index contributed by atoms with van der Waals surface area (Å²) in [6.07, 6.45) is 0.139. The van der Waals surface area contributed by atoms with Crippen molar-refractivity contribution in [2.75, 3.05) is 17.8 Å². The molecule has 0 saturated carbocycles. The predicted octanol–water partition coefficient (Wildman–Crippen LogP) is 1.92. The average molecular weight is 259 g/mol. The summed E-state index contributed by atoms with van der Waals surface area (Å²) in [4.78, 5) is 12.4. The molecule has 0 amide bonds. The van der Waals surface area contributed by atoms with Crippen LogP contribution in [0, 0.1) is 0 Å². The first-order chi connectivity index (χ1) is 9.15. The lowest BCUT2D eigenvalue weighted by molar-refractivity contribution is 0.0935. The quantitative estimate of drug-likeness (QED) is 0.798. The van der Waals surface area contributed by atoms with Gasteiger partial charge in [0.05, 0.1) is 6.10 Å². The van der Waals surface area contributed by atoms with E-state index < -0.39 is 0 Å². The van der Waals surface area contributed by atoms with Crippen molar-refractivity contribution in [3.05, 3.63) is 30.3 Å². The van der Waals surface area contributed by atoms with Crippen LogP contribution < -0.4 is 11.1 Å². The van der Waals surface area contributed by atoms with E-state index in [2.05, 4.69) is 20.3 Å². The maximum Gasteiger partial charge on any atom is 0.229 e. The van der Waals surface area contributed by atoms with Crippen molar-refractivity contribution >= 4 is 11.9 Å². The number of nitrogen functional groups attached to an aromatic ring is 1. The Balaban J connectivity index is 2.16. The number of rotatable bonds is 5. The average Bonchev–Trinajstić information content (AvgIpc) is 2.39. The number of anilines is 2. The molecule has 1 heterocycles. The smallest absolute Gasteiger partial charge is 0.229 e. The summed E-state index contributed by atoms with van der Waals surface area (Å²) in [6.45, 7) is 4.24. The maximum atomic E-state index is 5.69. The highest BCUT2D eigenvalue weighted by Crippen LogP contribution is 2.16. The number of nitrogens with two attached hydrogens (primary N) is 1. The molecule has 6 heteroatoms. The van der Waals surface area contributed by atoms with Gasteiger partial charge in [0.2, 0.25) is 11.9 Å². The maximum absolute atomic E-state index is 5.69. The summed E-state index contributed by atoms with van der Waals surface area (Å²) in [6, 6.07) is 9.62. The third kappa shape index (κ3) is 3.89. The Morgan fingerprint density at radius 1 is 1.16 bits per heavy atom. The van der Waals surface area contributed by atoms with E-state index in [4.69, 9.17) is 10.5 Å². The van der Waals surface area contributed by atoms with Crippen LogP contribution in [0.5, 0.6) is 0 Å². The van der Waals surface area contributed by atoms with E-state index in [1.807, 2.05) is 44.2 Å². The number of hydrogen-bond acceptors (Lipinski definition) is 6. The second-order valence-electron chi connectivity index (χ2n) is 4.24. The number of benzene rings is 1. The van der Waals surface area contributed by atoms with Gasteiger partial charge in [-0.05, 0) is 13.8 Å². The third-order valence-corrected chi connectivity index (χ3v) is 2.33. The van der Waals surface area contributed by atoms with Crippen molar-refractivity contribution in [1.29, 1.82) is 0 Å². The monoisotopic (exact) mass is 259 g/mol. The van der Waals surface area contributed by atoms with Gasteiger partial charge in [-0.1, -0.05) is 30.3 Å². The molecule has 0 fully saturated rings. The molecule has 0 aliphatic rings. The highest BCUT2D eigenvalue weighted by atomic mass is 16.5. The van der Waals surface area contributed by atoms with Gasteiger partial charge in [0.15, 0.2) is 5.82 Å². The first kappa shape index (κ1) is 13.2. The van der Waals surface area contributed by atoms with E-state index in [1.54, 1.807) is 0 Å².